The second kappa shape index (κ2) is 23.2. The van der Waals surface area contributed by atoms with Crippen molar-refractivity contribution in [2.75, 3.05) is 25.1 Å². The van der Waals surface area contributed by atoms with E-state index >= 15 is 0 Å². The summed E-state index contributed by atoms with van der Waals surface area (Å²) >= 11 is 0. The summed E-state index contributed by atoms with van der Waals surface area (Å²) < 4.78 is 15.5. The number of anilines is 1. The van der Waals surface area contributed by atoms with Gasteiger partial charge in [-0.2, -0.15) is 0 Å². The zero-order chi connectivity index (χ0) is 29.4. The highest BCUT2D eigenvalue weighted by Gasteiger charge is 2.37. The average molecular weight is 560 g/mol. The predicted molar refractivity (Wildman–Crippen MR) is 161 cm³/mol. The number of nitrogens with one attached hydrogen (secondary N) is 1. The Bertz CT molecular complexity index is 834. The van der Waals surface area contributed by atoms with Crippen LogP contribution in [0.5, 0.6) is 0 Å². The van der Waals surface area contributed by atoms with Crippen LogP contribution in [0.1, 0.15) is 122 Å². The van der Waals surface area contributed by atoms with E-state index in [1.165, 1.54) is 83.5 Å². The first-order valence-electron chi connectivity index (χ1n) is 15.4. The number of unbranched alkanes of at least 4 members (excludes halogenated alkanes) is 13. The molecule has 0 aliphatic rings. The maximum absolute atomic E-state index is 12.4. The molecule has 0 bridgehead atoms. The summed E-state index contributed by atoms with van der Waals surface area (Å²) in [6.07, 6.45) is 20.0. The largest absolute Gasteiger partial charge is 0.464 e. The minimum atomic E-state index is -1.85. The number of carbonyl (C=O) groups is 2. The summed E-state index contributed by atoms with van der Waals surface area (Å²) in [7, 11) is 0. The summed E-state index contributed by atoms with van der Waals surface area (Å²) in [4.78, 5) is 24.4. The molecule has 2 N–H and O–H groups in total. The van der Waals surface area contributed by atoms with Crippen molar-refractivity contribution >= 4 is 17.6 Å². The molecule has 0 radical (unpaired) electrons. The van der Waals surface area contributed by atoms with Crippen LogP contribution in [0.2, 0.25) is 0 Å². The summed E-state index contributed by atoms with van der Waals surface area (Å²) in [5.41, 5.74) is 1.58. The van der Waals surface area contributed by atoms with E-state index in [1.54, 1.807) is 26.0 Å². The van der Waals surface area contributed by atoms with Crippen molar-refractivity contribution in [2.45, 2.75) is 129 Å². The van der Waals surface area contributed by atoms with Gasteiger partial charge >= 0.3 is 11.9 Å². The van der Waals surface area contributed by atoms with Gasteiger partial charge in [0.25, 0.3) is 0 Å². The minimum Gasteiger partial charge on any atom is -0.464 e. The molecule has 7 heteroatoms. The third-order valence-electron chi connectivity index (χ3n) is 6.84. The fraction of sp³-hybridized carbons (Fsp3) is 0.697. The average Bonchev–Trinajstić information content (AvgIpc) is 2.96. The zero-order valence-corrected chi connectivity index (χ0v) is 25.1. The highest BCUT2D eigenvalue weighted by Crippen LogP contribution is 2.23. The molecule has 0 aromatic heterocycles. The molecule has 0 amide bonds. The van der Waals surface area contributed by atoms with Gasteiger partial charge in [-0.15, -0.1) is 6.42 Å². The highest BCUT2D eigenvalue weighted by atomic mass is 16.6. The second-order valence-corrected chi connectivity index (χ2v) is 10.2. The first-order chi connectivity index (χ1) is 19.5. The summed E-state index contributed by atoms with van der Waals surface area (Å²) in [6, 6.07) is 7.40. The predicted octanol–water partition coefficient (Wildman–Crippen LogP) is 7.13. The van der Waals surface area contributed by atoms with Gasteiger partial charge in [-0.3, -0.25) is 0 Å². The third kappa shape index (κ3) is 15.3. The molecule has 0 spiro atoms. The molecule has 0 heterocycles. The van der Waals surface area contributed by atoms with Crippen LogP contribution in [0.4, 0.5) is 5.69 Å². The first kappa shape index (κ1) is 35.5. The number of hydrogen-bond donors (Lipinski definition) is 2. The monoisotopic (exact) mass is 559 g/mol. The molecule has 1 aromatic carbocycles. The Morgan fingerprint density at radius 3 is 1.73 bits per heavy atom. The second-order valence-electron chi connectivity index (χ2n) is 10.2. The molecule has 0 saturated carbocycles. The van der Waals surface area contributed by atoms with Crippen molar-refractivity contribution in [3.8, 4) is 12.3 Å². The van der Waals surface area contributed by atoms with E-state index in [-0.39, 0.29) is 13.2 Å². The van der Waals surface area contributed by atoms with Crippen molar-refractivity contribution in [3.63, 3.8) is 0 Å². The number of rotatable bonds is 24. The standard InChI is InChI=1S/C33H53NO6/c1-5-9-10-11-12-13-14-15-16-17-18-19-20-21-26-34-28-24-22-27(23-25-28)29(6-2)40-31(33(37)39-8-4)30(35)32(36)38-7-3/h2,22-25,29-31,34-35H,5,7-21,26H2,1,3-4H3. The number of aliphatic hydroxyl groups is 1. The first-order valence-corrected chi connectivity index (χ1v) is 15.4. The van der Waals surface area contributed by atoms with E-state index in [9.17, 15) is 14.7 Å². The van der Waals surface area contributed by atoms with Gasteiger partial charge in [0.1, 0.15) is 6.10 Å². The van der Waals surface area contributed by atoms with Gasteiger partial charge in [0, 0.05) is 12.2 Å². The minimum absolute atomic E-state index is 0.0534. The van der Waals surface area contributed by atoms with Crippen LogP contribution in [0.15, 0.2) is 24.3 Å². The van der Waals surface area contributed by atoms with E-state index in [0.717, 1.165) is 18.7 Å². The molecule has 0 saturated heterocycles. The Kier molecular flexibility index (Phi) is 20.5. The number of carbonyl (C=O) groups excluding carboxylic acids is 2. The molecule has 3 unspecified atom stereocenters. The van der Waals surface area contributed by atoms with E-state index in [0.29, 0.717) is 5.56 Å². The van der Waals surface area contributed by atoms with Crippen molar-refractivity contribution in [3.05, 3.63) is 29.8 Å². The zero-order valence-electron chi connectivity index (χ0n) is 25.1. The van der Waals surface area contributed by atoms with Gasteiger partial charge < -0.3 is 24.6 Å². The van der Waals surface area contributed by atoms with Crippen LogP contribution >= 0.6 is 0 Å². The topological polar surface area (TPSA) is 94.1 Å². The molecule has 226 valence electrons. The Balaban J connectivity index is 2.34. The lowest BCUT2D eigenvalue weighted by molar-refractivity contribution is -0.180. The van der Waals surface area contributed by atoms with Gasteiger partial charge in [0.2, 0.25) is 0 Å². The lowest BCUT2D eigenvalue weighted by Crippen LogP contribution is -2.44. The quantitative estimate of drug-likeness (QED) is 0.0791. The van der Waals surface area contributed by atoms with E-state index in [2.05, 4.69) is 18.2 Å². The number of ether oxygens (including phenoxy) is 3. The van der Waals surface area contributed by atoms with Crippen molar-refractivity contribution in [1.29, 1.82) is 0 Å². The normalized spacial score (nSPS) is 13.2. The Morgan fingerprint density at radius 1 is 0.775 bits per heavy atom. The molecule has 0 fully saturated rings. The molecular formula is C33H53NO6. The molecule has 7 nitrogen and oxygen atoms in total. The summed E-state index contributed by atoms with van der Waals surface area (Å²) in [5, 5.41) is 13.8. The highest BCUT2D eigenvalue weighted by molar-refractivity contribution is 5.85. The molecule has 0 aliphatic heterocycles. The van der Waals surface area contributed by atoms with Crippen molar-refractivity contribution in [2.24, 2.45) is 0 Å². The Hall–Kier alpha value is -2.56. The van der Waals surface area contributed by atoms with Crippen LogP contribution in [-0.4, -0.2) is 49.0 Å². The SMILES string of the molecule is C#CC(OC(C(=O)OCC)C(O)C(=O)OCC)c1ccc(NCCCCCCCCCCCCCCCC)cc1. The van der Waals surface area contributed by atoms with E-state index in [4.69, 9.17) is 20.6 Å². The van der Waals surface area contributed by atoms with Crippen molar-refractivity contribution in [1.82, 2.24) is 0 Å². The van der Waals surface area contributed by atoms with Crippen LogP contribution in [0.25, 0.3) is 0 Å². The molecular weight excluding hydrogens is 506 g/mol. The van der Waals surface area contributed by atoms with Gasteiger partial charge in [0.15, 0.2) is 12.2 Å². The van der Waals surface area contributed by atoms with Crippen LogP contribution < -0.4 is 5.32 Å². The Morgan fingerprint density at radius 2 is 1.25 bits per heavy atom. The van der Waals surface area contributed by atoms with Gasteiger partial charge in [-0.05, 0) is 38.0 Å². The van der Waals surface area contributed by atoms with Crippen LogP contribution in [-0.2, 0) is 23.8 Å². The third-order valence-corrected chi connectivity index (χ3v) is 6.84. The van der Waals surface area contributed by atoms with Crippen molar-refractivity contribution < 1.29 is 28.9 Å². The van der Waals surface area contributed by atoms with Gasteiger partial charge in [0.05, 0.1) is 13.2 Å². The molecule has 40 heavy (non-hydrogen) atoms. The molecule has 1 aromatic rings. The number of hydrogen-bond acceptors (Lipinski definition) is 7. The number of benzene rings is 1. The number of terminal acetylenes is 1. The van der Waals surface area contributed by atoms with Gasteiger partial charge in [-0.1, -0.05) is 108 Å². The maximum atomic E-state index is 12.4. The summed E-state index contributed by atoms with van der Waals surface area (Å²) in [6.45, 7) is 6.50. The van der Waals surface area contributed by atoms with E-state index < -0.39 is 30.3 Å². The van der Waals surface area contributed by atoms with Gasteiger partial charge in [-0.25, -0.2) is 9.59 Å². The number of aliphatic hydroxyl groups excluding tert-OH is 1. The number of esters is 2. The molecule has 1 rings (SSSR count). The lowest BCUT2D eigenvalue weighted by atomic mass is 10.0. The van der Waals surface area contributed by atoms with Crippen LogP contribution in [0, 0.1) is 12.3 Å². The van der Waals surface area contributed by atoms with E-state index in [1.807, 2.05) is 12.1 Å². The smallest absolute Gasteiger partial charge is 0.338 e. The van der Waals surface area contributed by atoms with Crippen LogP contribution in [0.3, 0.4) is 0 Å². The fourth-order valence-electron chi connectivity index (χ4n) is 4.52. The lowest BCUT2D eigenvalue weighted by Gasteiger charge is -2.24. The molecule has 3 atom stereocenters. The fourth-order valence-corrected chi connectivity index (χ4v) is 4.52. The maximum Gasteiger partial charge on any atom is 0.338 e. The molecule has 0 aliphatic carbocycles. The Labute approximate surface area is 242 Å². The summed E-state index contributed by atoms with van der Waals surface area (Å²) in [5.74, 6) is 0.625.